The number of furan rings is 1. The molecule has 0 aliphatic rings. The molecule has 0 aliphatic carbocycles. The van der Waals surface area contributed by atoms with Gasteiger partial charge in [-0.1, -0.05) is 6.92 Å². The minimum Gasteiger partial charge on any atom is -0.472 e. The van der Waals surface area contributed by atoms with E-state index in [4.69, 9.17) is 9.40 Å². The van der Waals surface area contributed by atoms with Crippen molar-refractivity contribution in [2.24, 2.45) is 0 Å². The Bertz CT molecular complexity index is 1620. The lowest BCUT2D eigenvalue weighted by Gasteiger charge is -2.06. The average molecular weight is 453 g/mol. The summed E-state index contributed by atoms with van der Waals surface area (Å²) < 4.78 is 20.3. The van der Waals surface area contributed by atoms with Crippen LogP contribution in [-0.2, 0) is 6.54 Å². The lowest BCUT2D eigenvalue weighted by Crippen LogP contribution is -2.11. The molecule has 6 rings (SSSR count). The van der Waals surface area contributed by atoms with Gasteiger partial charge in [-0.15, -0.1) is 0 Å². The van der Waals surface area contributed by atoms with Gasteiger partial charge in [-0.25, -0.2) is 9.37 Å². The zero-order valence-electron chi connectivity index (χ0n) is 18.3. The number of nitrogens with one attached hydrogen (secondary N) is 3. The molecule has 0 amide bonds. The summed E-state index contributed by atoms with van der Waals surface area (Å²) in [6.45, 7) is 3.61. The molecule has 0 unspecified atom stereocenters. The molecule has 34 heavy (non-hydrogen) atoms. The van der Waals surface area contributed by atoms with Gasteiger partial charge in [0.15, 0.2) is 11.6 Å². The molecule has 0 atom stereocenters. The molecule has 0 radical (unpaired) electrons. The molecule has 168 valence electrons. The highest BCUT2D eigenvalue weighted by Crippen LogP contribution is 2.33. The van der Waals surface area contributed by atoms with E-state index in [2.05, 4.69) is 30.5 Å². The molecular weight excluding hydrogens is 433 g/mol. The Morgan fingerprint density at radius 2 is 2.00 bits per heavy atom. The Labute approximate surface area is 193 Å². The van der Waals surface area contributed by atoms with E-state index in [1.165, 1.54) is 6.07 Å². The molecule has 0 saturated heterocycles. The predicted molar refractivity (Wildman–Crippen MR) is 127 cm³/mol. The summed E-state index contributed by atoms with van der Waals surface area (Å²) in [5.41, 5.74) is 6.47. The molecule has 0 spiro atoms. The molecular formula is C25H20FN7O. The van der Waals surface area contributed by atoms with E-state index in [9.17, 15) is 0 Å². The number of halogens is 1. The molecule has 6 aromatic rings. The lowest BCUT2D eigenvalue weighted by molar-refractivity contribution is 0.568. The SMILES string of the molecule is CCNCc1cncc(-c2cc(F)c3n[nH]c(-c4nc5c(-c6ccoc6)nccc5[nH]4)c3c2)c1. The van der Waals surface area contributed by atoms with Crippen molar-refractivity contribution >= 4 is 21.9 Å². The van der Waals surface area contributed by atoms with Gasteiger partial charge in [0.2, 0.25) is 0 Å². The quantitative estimate of drug-likeness (QED) is 0.325. The van der Waals surface area contributed by atoms with Gasteiger partial charge in [0, 0.05) is 41.6 Å². The molecule has 0 aliphatic heterocycles. The van der Waals surface area contributed by atoms with E-state index in [0.29, 0.717) is 34.7 Å². The van der Waals surface area contributed by atoms with Gasteiger partial charge >= 0.3 is 0 Å². The molecule has 3 N–H and O–H groups in total. The lowest BCUT2D eigenvalue weighted by atomic mass is 10.0. The summed E-state index contributed by atoms with van der Waals surface area (Å²) in [5.74, 6) is 0.134. The summed E-state index contributed by atoms with van der Waals surface area (Å²) in [7, 11) is 0. The molecule has 9 heteroatoms. The zero-order valence-corrected chi connectivity index (χ0v) is 18.3. The van der Waals surface area contributed by atoms with Crippen molar-refractivity contribution in [2.45, 2.75) is 13.5 Å². The number of hydrogen-bond donors (Lipinski definition) is 3. The minimum absolute atomic E-state index is 0.254. The number of fused-ring (bicyclic) bond motifs is 2. The maximum atomic E-state index is 15.1. The number of hydrogen-bond acceptors (Lipinski definition) is 6. The highest BCUT2D eigenvalue weighted by atomic mass is 19.1. The fourth-order valence-electron chi connectivity index (χ4n) is 4.10. The third-order valence-electron chi connectivity index (χ3n) is 5.75. The highest BCUT2D eigenvalue weighted by Gasteiger charge is 2.18. The number of aromatic nitrogens is 6. The van der Waals surface area contributed by atoms with Gasteiger partial charge in [0.1, 0.15) is 22.4 Å². The monoisotopic (exact) mass is 453 g/mol. The van der Waals surface area contributed by atoms with Crippen LogP contribution < -0.4 is 5.32 Å². The summed E-state index contributed by atoms with van der Waals surface area (Å²) >= 11 is 0. The van der Waals surface area contributed by atoms with Crippen molar-refractivity contribution in [1.82, 2.24) is 35.5 Å². The Kier molecular flexibility index (Phi) is 4.88. The number of imidazole rings is 1. The van der Waals surface area contributed by atoms with E-state index in [1.807, 2.05) is 37.4 Å². The van der Waals surface area contributed by atoms with Crippen LogP contribution in [0, 0.1) is 5.82 Å². The number of rotatable bonds is 6. The fraction of sp³-hybridized carbons (Fsp3) is 0.120. The van der Waals surface area contributed by atoms with E-state index in [1.54, 1.807) is 24.9 Å². The van der Waals surface area contributed by atoms with E-state index >= 15 is 4.39 Å². The summed E-state index contributed by atoms with van der Waals surface area (Å²) in [4.78, 5) is 16.9. The molecule has 0 bridgehead atoms. The first-order valence-corrected chi connectivity index (χ1v) is 10.9. The summed E-state index contributed by atoms with van der Waals surface area (Å²) in [5, 5.41) is 11.1. The van der Waals surface area contributed by atoms with Crippen molar-refractivity contribution in [3.8, 4) is 33.9 Å². The number of aromatic amines is 2. The van der Waals surface area contributed by atoms with Crippen molar-refractivity contribution in [3.05, 3.63) is 72.8 Å². The van der Waals surface area contributed by atoms with Crippen molar-refractivity contribution in [2.75, 3.05) is 6.54 Å². The molecule has 5 aromatic heterocycles. The van der Waals surface area contributed by atoms with Crippen LogP contribution in [0.4, 0.5) is 4.39 Å². The van der Waals surface area contributed by atoms with Crippen LogP contribution >= 0.6 is 0 Å². The van der Waals surface area contributed by atoms with Crippen LogP contribution in [0.25, 0.3) is 55.8 Å². The molecule has 1 aromatic carbocycles. The molecule has 8 nitrogen and oxygen atoms in total. The average Bonchev–Trinajstić information content (AvgIpc) is 3.62. The summed E-state index contributed by atoms with van der Waals surface area (Å²) in [6, 6.07) is 9.09. The molecule has 0 fully saturated rings. The third-order valence-corrected chi connectivity index (χ3v) is 5.75. The minimum atomic E-state index is -0.413. The van der Waals surface area contributed by atoms with Crippen LogP contribution in [0.2, 0.25) is 0 Å². The molecule has 5 heterocycles. The van der Waals surface area contributed by atoms with Gasteiger partial charge in [-0.2, -0.15) is 5.10 Å². The number of pyridine rings is 2. The third kappa shape index (κ3) is 3.43. The Morgan fingerprint density at radius 1 is 1.06 bits per heavy atom. The van der Waals surface area contributed by atoms with Crippen LogP contribution in [-0.4, -0.2) is 36.7 Å². The normalized spacial score (nSPS) is 11.6. The van der Waals surface area contributed by atoms with Crippen LogP contribution in [0.15, 0.2) is 65.9 Å². The standard InChI is InChI=1S/C25H20FN7O/c1-2-27-10-14-7-17(12-28-11-14)16-8-18-22(19(26)9-16)32-33-23(18)25-30-20-3-5-29-21(24(20)31-25)15-4-6-34-13-15/h3-9,11-13,27H,2,10H2,1H3,(H,30,31)(H,32,33). The number of benzene rings is 1. The van der Waals surface area contributed by atoms with Gasteiger partial charge in [0.05, 0.1) is 18.0 Å². The Hall–Kier alpha value is -4.37. The maximum absolute atomic E-state index is 15.1. The van der Waals surface area contributed by atoms with Crippen molar-refractivity contribution in [1.29, 1.82) is 0 Å². The largest absolute Gasteiger partial charge is 0.472 e. The Balaban J connectivity index is 1.47. The summed E-state index contributed by atoms with van der Waals surface area (Å²) in [6.07, 6.45) is 8.48. The first-order chi connectivity index (χ1) is 16.7. The van der Waals surface area contributed by atoms with Crippen molar-refractivity contribution < 1.29 is 8.81 Å². The van der Waals surface area contributed by atoms with E-state index < -0.39 is 5.82 Å². The second-order valence-corrected chi connectivity index (χ2v) is 7.97. The van der Waals surface area contributed by atoms with Crippen LogP contribution in [0.3, 0.4) is 0 Å². The first kappa shape index (κ1) is 20.3. The van der Waals surface area contributed by atoms with Crippen LogP contribution in [0.1, 0.15) is 12.5 Å². The number of H-pyrrole nitrogens is 2. The fourth-order valence-corrected chi connectivity index (χ4v) is 4.10. The second kappa shape index (κ2) is 8.20. The van der Waals surface area contributed by atoms with Gasteiger partial charge in [-0.3, -0.25) is 15.1 Å². The molecule has 0 saturated carbocycles. The first-order valence-electron chi connectivity index (χ1n) is 10.9. The van der Waals surface area contributed by atoms with Gasteiger partial charge < -0.3 is 14.7 Å². The van der Waals surface area contributed by atoms with Crippen molar-refractivity contribution in [3.63, 3.8) is 0 Å². The van der Waals surface area contributed by atoms with Crippen LogP contribution in [0.5, 0.6) is 0 Å². The van der Waals surface area contributed by atoms with Gasteiger partial charge in [0.25, 0.3) is 0 Å². The Morgan fingerprint density at radius 3 is 2.85 bits per heavy atom. The zero-order chi connectivity index (χ0) is 23.1. The smallest absolute Gasteiger partial charge is 0.157 e. The maximum Gasteiger partial charge on any atom is 0.157 e. The van der Waals surface area contributed by atoms with E-state index in [-0.39, 0.29) is 5.52 Å². The predicted octanol–water partition coefficient (Wildman–Crippen LogP) is 5.07. The second-order valence-electron chi connectivity index (χ2n) is 7.97. The topological polar surface area (TPSA) is 108 Å². The highest BCUT2D eigenvalue weighted by molar-refractivity contribution is 5.97. The number of nitrogens with zero attached hydrogens (tertiary/aromatic N) is 4. The van der Waals surface area contributed by atoms with E-state index in [0.717, 1.165) is 34.3 Å². The van der Waals surface area contributed by atoms with Gasteiger partial charge in [-0.05, 0) is 48.0 Å².